The summed E-state index contributed by atoms with van der Waals surface area (Å²) in [6, 6.07) is 5.23. The Morgan fingerprint density at radius 2 is 1.94 bits per heavy atom. The van der Waals surface area contributed by atoms with E-state index in [1.54, 1.807) is 0 Å². The van der Waals surface area contributed by atoms with Gasteiger partial charge in [0, 0.05) is 6.92 Å². The summed E-state index contributed by atoms with van der Waals surface area (Å²) >= 11 is 0. The van der Waals surface area contributed by atoms with Crippen molar-refractivity contribution in [1.29, 1.82) is 0 Å². The molecule has 17 heavy (non-hydrogen) atoms. The monoisotopic (exact) mass is 235 g/mol. The molecular formula is C13H17NO3. The second-order valence-corrected chi connectivity index (χ2v) is 4.19. The Hall–Kier alpha value is -1.84. The first-order chi connectivity index (χ1) is 7.90. The number of amides is 1. The van der Waals surface area contributed by atoms with Gasteiger partial charge in [0.2, 0.25) is 5.91 Å². The van der Waals surface area contributed by atoms with Gasteiger partial charge >= 0.3 is 5.97 Å². The van der Waals surface area contributed by atoms with E-state index < -0.39 is 12.0 Å². The molecule has 1 atom stereocenters. The van der Waals surface area contributed by atoms with E-state index in [2.05, 4.69) is 5.32 Å². The number of aliphatic carboxylic acids is 1. The van der Waals surface area contributed by atoms with Crippen LogP contribution in [0.4, 0.5) is 0 Å². The third-order valence-corrected chi connectivity index (χ3v) is 2.69. The van der Waals surface area contributed by atoms with Crippen molar-refractivity contribution in [2.75, 3.05) is 0 Å². The number of benzene rings is 1. The minimum Gasteiger partial charge on any atom is -0.481 e. The summed E-state index contributed by atoms with van der Waals surface area (Å²) < 4.78 is 0. The van der Waals surface area contributed by atoms with Gasteiger partial charge in [-0.1, -0.05) is 18.2 Å². The molecule has 0 spiro atoms. The summed E-state index contributed by atoms with van der Waals surface area (Å²) in [5, 5.41) is 11.5. The standard InChI is InChI=1S/C13H17NO3/c1-8-4-5-11(6-9(8)2)12(7-13(16)17)14-10(3)15/h4-6,12H,7H2,1-3H3,(H,14,15)(H,16,17)/t12-/m1/s1. The molecule has 0 aliphatic rings. The zero-order valence-corrected chi connectivity index (χ0v) is 10.3. The first-order valence-corrected chi connectivity index (χ1v) is 5.46. The molecule has 1 rings (SSSR count). The summed E-state index contributed by atoms with van der Waals surface area (Å²) in [5.74, 6) is -1.16. The molecule has 2 N–H and O–H groups in total. The van der Waals surface area contributed by atoms with Crippen molar-refractivity contribution in [2.45, 2.75) is 33.2 Å². The Balaban J connectivity index is 2.98. The second-order valence-electron chi connectivity index (χ2n) is 4.19. The Bertz CT molecular complexity index is 424. The zero-order chi connectivity index (χ0) is 13.0. The molecule has 0 aliphatic heterocycles. The quantitative estimate of drug-likeness (QED) is 0.838. The fraction of sp³-hybridized carbons (Fsp3) is 0.385. The van der Waals surface area contributed by atoms with E-state index in [1.165, 1.54) is 6.92 Å². The number of hydrogen-bond acceptors (Lipinski definition) is 2. The molecule has 1 aromatic carbocycles. The largest absolute Gasteiger partial charge is 0.481 e. The van der Waals surface area contributed by atoms with Crippen LogP contribution in [0.15, 0.2) is 18.2 Å². The number of hydrogen-bond donors (Lipinski definition) is 2. The van der Waals surface area contributed by atoms with Gasteiger partial charge in [0.25, 0.3) is 0 Å². The molecule has 0 bridgehead atoms. The van der Waals surface area contributed by atoms with Gasteiger partial charge in [-0.05, 0) is 30.5 Å². The highest BCUT2D eigenvalue weighted by Gasteiger charge is 2.16. The third-order valence-electron chi connectivity index (χ3n) is 2.69. The Labute approximate surface area is 101 Å². The van der Waals surface area contributed by atoms with Crippen LogP contribution in [-0.2, 0) is 9.59 Å². The van der Waals surface area contributed by atoms with Crippen LogP contribution in [0.5, 0.6) is 0 Å². The van der Waals surface area contributed by atoms with Gasteiger partial charge in [-0.2, -0.15) is 0 Å². The van der Waals surface area contributed by atoms with Crippen molar-refractivity contribution in [3.63, 3.8) is 0 Å². The average Bonchev–Trinajstić information content (AvgIpc) is 2.19. The normalized spacial score (nSPS) is 11.9. The molecule has 0 heterocycles. The lowest BCUT2D eigenvalue weighted by Crippen LogP contribution is -2.28. The molecule has 0 saturated heterocycles. The maximum Gasteiger partial charge on any atom is 0.305 e. The first-order valence-electron chi connectivity index (χ1n) is 5.46. The second kappa shape index (κ2) is 5.48. The van der Waals surface area contributed by atoms with Gasteiger partial charge in [-0.3, -0.25) is 9.59 Å². The van der Waals surface area contributed by atoms with Crippen LogP contribution >= 0.6 is 0 Å². The Morgan fingerprint density at radius 1 is 1.29 bits per heavy atom. The fourth-order valence-electron chi connectivity index (χ4n) is 1.65. The zero-order valence-electron chi connectivity index (χ0n) is 10.3. The Morgan fingerprint density at radius 3 is 2.41 bits per heavy atom. The van der Waals surface area contributed by atoms with Crippen LogP contribution in [0.3, 0.4) is 0 Å². The van der Waals surface area contributed by atoms with Gasteiger partial charge < -0.3 is 10.4 Å². The average molecular weight is 235 g/mol. The SMILES string of the molecule is CC(=O)N[C@H](CC(=O)O)c1ccc(C)c(C)c1. The fourth-order valence-corrected chi connectivity index (χ4v) is 1.65. The van der Waals surface area contributed by atoms with Crippen molar-refractivity contribution in [2.24, 2.45) is 0 Å². The summed E-state index contributed by atoms with van der Waals surface area (Å²) in [7, 11) is 0. The number of carboxylic acids is 1. The third kappa shape index (κ3) is 3.90. The molecule has 1 amide bonds. The predicted octanol–water partition coefficient (Wildman–Crippen LogP) is 1.96. The van der Waals surface area contributed by atoms with Crippen molar-refractivity contribution >= 4 is 11.9 Å². The molecule has 0 aliphatic carbocycles. The van der Waals surface area contributed by atoms with Crippen molar-refractivity contribution in [3.8, 4) is 0 Å². The molecule has 0 unspecified atom stereocenters. The van der Waals surface area contributed by atoms with E-state index in [0.29, 0.717) is 0 Å². The van der Waals surface area contributed by atoms with Gasteiger partial charge in [-0.15, -0.1) is 0 Å². The van der Waals surface area contributed by atoms with Gasteiger partial charge in [0.05, 0.1) is 12.5 Å². The molecule has 0 radical (unpaired) electrons. The summed E-state index contributed by atoms with van der Waals surface area (Å²) in [5.41, 5.74) is 3.06. The maximum absolute atomic E-state index is 11.1. The Kier molecular flexibility index (Phi) is 4.26. The highest BCUT2D eigenvalue weighted by molar-refractivity contribution is 5.75. The maximum atomic E-state index is 11.1. The molecule has 1 aromatic rings. The highest BCUT2D eigenvalue weighted by atomic mass is 16.4. The number of nitrogens with one attached hydrogen (secondary N) is 1. The number of carbonyl (C=O) groups is 2. The molecule has 0 saturated carbocycles. The van der Waals surface area contributed by atoms with E-state index in [-0.39, 0.29) is 12.3 Å². The lowest BCUT2D eigenvalue weighted by Gasteiger charge is -2.17. The van der Waals surface area contributed by atoms with Crippen LogP contribution in [0.2, 0.25) is 0 Å². The van der Waals surface area contributed by atoms with E-state index in [1.807, 2.05) is 32.0 Å². The minimum absolute atomic E-state index is 0.109. The molecule has 0 fully saturated rings. The number of aryl methyl sites for hydroxylation is 2. The van der Waals surface area contributed by atoms with Crippen molar-refractivity contribution in [1.82, 2.24) is 5.32 Å². The lowest BCUT2D eigenvalue weighted by atomic mass is 9.99. The van der Waals surface area contributed by atoms with Gasteiger partial charge in [0.1, 0.15) is 0 Å². The molecule has 0 aromatic heterocycles. The van der Waals surface area contributed by atoms with Gasteiger partial charge in [-0.25, -0.2) is 0 Å². The van der Waals surface area contributed by atoms with E-state index in [9.17, 15) is 9.59 Å². The summed E-state index contributed by atoms with van der Waals surface area (Å²) in [4.78, 5) is 21.8. The minimum atomic E-state index is -0.929. The first kappa shape index (κ1) is 13.2. The molecule has 4 heteroatoms. The van der Waals surface area contributed by atoms with Crippen LogP contribution in [-0.4, -0.2) is 17.0 Å². The smallest absolute Gasteiger partial charge is 0.305 e. The van der Waals surface area contributed by atoms with Crippen molar-refractivity contribution < 1.29 is 14.7 Å². The van der Waals surface area contributed by atoms with Crippen LogP contribution in [0, 0.1) is 13.8 Å². The lowest BCUT2D eigenvalue weighted by molar-refractivity contribution is -0.137. The number of carbonyl (C=O) groups excluding carboxylic acids is 1. The topological polar surface area (TPSA) is 66.4 Å². The van der Waals surface area contributed by atoms with Crippen LogP contribution < -0.4 is 5.32 Å². The van der Waals surface area contributed by atoms with Gasteiger partial charge in [0.15, 0.2) is 0 Å². The van der Waals surface area contributed by atoms with Crippen molar-refractivity contribution in [3.05, 3.63) is 34.9 Å². The van der Waals surface area contributed by atoms with E-state index in [0.717, 1.165) is 16.7 Å². The molecule has 92 valence electrons. The number of rotatable bonds is 4. The molecular weight excluding hydrogens is 218 g/mol. The summed E-state index contributed by atoms with van der Waals surface area (Å²) in [6.45, 7) is 5.34. The van der Waals surface area contributed by atoms with E-state index >= 15 is 0 Å². The molecule has 4 nitrogen and oxygen atoms in total. The van der Waals surface area contributed by atoms with Crippen LogP contribution in [0.1, 0.15) is 36.1 Å². The van der Waals surface area contributed by atoms with Crippen LogP contribution in [0.25, 0.3) is 0 Å². The predicted molar refractivity (Wildman–Crippen MR) is 64.7 cm³/mol. The summed E-state index contributed by atoms with van der Waals surface area (Å²) in [6.07, 6.45) is -0.109. The highest BCUT2D eigenvalue weighted by Crippen LogP contribution is 2.20. The number of carboxylic acid groups (broad SMARTS) is 1. The van der Waals surface area contributed by atoms with E-state index in [4.69, 9.17) is 5.11 Å².